The number of halogens is 1. The van der Waals surface area contributed by atoms with E-state index in [0.717, 1.165) is 42.6 Å². The molecule has 3 nitrogen and oxygen atoms in total. The number of esters is 1. The first-order chi connectivity index (χ1) is 12.3. The number of hydrogen-bond acceptors (Lipinski definition) is 3. The van der Waals surface area contributed by atoms with E-state index < -0.39 is 5.92 Å². The summed E-state index contributed by atoms with van der Waals surface area (Å²) >= 11 is 6.61. The van der Waals surface area contributed by atoms with Crippen LogP contribution in [0.4, 0.5) is 0 Å². The van der Waals surface area contributed by atoms with E-state index >= 15 is 0 Å². The predicted molar refractivity (Wildman–Crippen MR) is 99.8 cm³/mol. The lowest BCUT2D eigenvalue weighted by Crippen LogP contribution is -2.24. The molecule has 2 aromatic carbocycles. The summed E-state index contributed by atoms with van der Waals surface area (Å²) in [6.07, 6.45) is 3.83. The Labute approximate surface area is 152 Å². The van der Waals surface area contributed by atoms with Gasteiger partial charge in [-0.05, 0) is 65.9 Å². The number of fused-ring (bicyclic) bond motifs is 1. The van der Waals surface area contributed by atoms with Crippen molar-refractivity contribution in [3.05, 3.63) is 75.8 Å². The highest BCUT2D eigenvalue weighted by Crippen LogP contribution is 2.41. The topological polar surface area (TPSA) is 38.3 Å². The molecular formula is C21H20ClNO2. The highest BCUT2D eigenvalue weighted by Gasteiger charge is 2.34. The van der Waals surface area contributed by atoms with Crippen LogP contribution in [0, 0.1) is 0 Å². The van der Waals surface area contributed by atoms with Crippen LogP contribution in [0.2, 0.25) is 5.02 Å². The maximum Gasteiger partial charge on any atom is 0.318 e. The maximum absolute atomic E-state index is 12.8. The molecule has 0 amide bonds. The minimum atomic E-state index is -0.461. The summed E-state index contributed by atoms with van der Waals surface area (Å²) in [5.74, 6) is -0.675. The molecular weight excluding hydrogens is 334 g/mol. The molecule has 4 heteroatoms. The Bertz CT molecular complexity index is 829. The molecule has 0 aromatic heterocycles. The van der Waals surface area contributed by atoms with Gasteiger partial charge in [0.05, 0.1) is 0 Å². The Morgan fingerprint density at radius 2 is 1.84 bits per heavy atom. The molecule has 0 saturated heterocycles. The van der Waals surface area contributed by atoms with E-state index in [2.05, 4.69) is 11.4 Å². The van der Waals surface area contributed by atoms with Crippen LogP contribution in [0.5, 0.6) is 0 Å². The Morgan fingerprint density at radius 1 is 1.04 bits per heavy atom. The lowest BCUT2D eigenvalue weighted by Gasteiger charge is -2.27. The average molecular weight is 354 g/mol. The van der Waals surface area contributed by atoms with Crippen LogP contribution in [0.3, 0.4) is 0 Å². The van der Waals surface area contributed by atoms with E-state index in [4.69, 9.17) is 16.3 Å². The molecule has 25 heavy (non-hydrogen) atoms. The molecule has 4 rings (SSSR count). The summed E-state index contributed by atoms with van der Waals surface area (Å²) in [5, 5.41) is 4.07. The van der Waals surface area contributed by atoms with Gasteiger partial charge in [0.2, 0.25) is 0 Å². The molecule has 1 N–H and O–H groups in total. The van der Waals surface area contributed by atoms with Gasteiger partial charge in [-0.25, -0.2) is 0 Å². The van der Waals surface area contributed by atoms with Crippen LogP contribution >= 0.6 is 11.6 Å². The van der Waals surface area contributed by atoms with Gasteiger partial charge in [0.25, 0.3) is 0 Å². The highest BCUT2D eigenvalue weighted by molar-refractivity contribution is 6.32. The SMILES string of the molecule is O=C1OCC=C(c2ccccc2)C1c1c(Cl)ccc2c1CCNCC2. The van der Waals surface area contributed by atoms with Crippen LogP contribution in [0.1, 0.15) is 28.2 Å². The van der Waals surface area contributed by atoms with Gasteiger partial charge < -0.3 is 10.1 Å². The van der Waals surface area contributed by atoms with Gasteiger partial charge in [-0.15, -0.1) is 0 Å². The van der Waals surface area contributed by atoms with Crippen LogP contribution in [-0.4, -0.2) is 25.7 Å². The van der Waals surface area contributed by atoms with Crippen molar-refractivity contribution in [2.75, 3.05) is 19.7 Å². The van der Waals surface area contributed by atoms with Gasteiger partial charge >= 0.3 is 5.97 Å². The minimum absolute atomic E-state index is 0.214. The zero-order valence-corrected chi connectivity index (χ0v) is 14.7. The fourth-order valence-corrected chi connectivity index (χ4v) is 4.10. The predicted octanol–water partition coefficient (Wildman–Crippen LogP) is 3.75. The lowest BCUT2D eigenvalue weighted by atomic mass is 9.81. The summed E-state index contributed by atoms with van der Waals surface area (Å²) < 4.78 is 5.38. The van der Waals surface area contributed by atoms with Crippen molar-refractivity contribution in [1.82, 2.24) is 5.32 Å². The largest absolute Gasteiger partial charge is 0.461 e. The molecule has 0 aliphatic carbocycles. The molecule has 1 unspecified atom stereocenters. The summed E-state index contributed by atoms with van der Waals surface area (Å²) in [6.45, 7) is 2.16. The monoisotopic (exact) mass is 353 g/mol. The number of rotatable bonds is 2. The quantitative estimate of drug-likeness (QED) is 0.835. The van der Waals surface area contributed by atoms with Crippen LogP contribution in [0.25, 0.3) is 5.57 Å². The van der Waals surface area contributed by atoms with Gasteiger partial charge in [-0.1, -0.05) is 48.0 Å². The smallest absolute Gasteiger partial charge is 0.318 e. The van der Waals surface area contributed by atoms with Crippen molar-refractivity contribution in [3.63, 3.8) is 0 Å². The maximum atomic E-state index is 12.8. The van der Waals surface area contributed by atoms with Gasteiger partial charge in [0.1, 0.15) is 12.5 Å². The zero-order chi connectivity index (χ0) is 17.2. The normalized spacial score (nSPS) is 20.3. The van der Waals surface area contributed by atoms with Crippen molar-refractivity contribution in [2.24, 2.45) is 0 Å². The first kappa shape index (κ1) is 16.4. The average Bonchev–Trinajstić information content (AvgIpc) is 2.88. The fraction of sp³-hybridized carbons (Fsp3) is 0.286. The van der Waals surface area contributed by atoms with Crippen molar-refractivity contribution in [1.29, 1.82) is 0 Å². The molecule has 0 bridgehead atoms. The summed E-state index contributed by atoms with van der Waals surface area (Å²) in [7, 11) is 0. The van der Waals surface area contributed by atoms with Crippen molar-refractivity contribution < 1.29 is 9.53 Å². The molecule has 2 aliphatic heterocycles. The Balaban J connectivity index is 1.88. The summed E-state index contributed by atoms with van der Waals surface area (Å²) in [6, 6.07) is 14.0. The molecule has 0 fully saturated rings. The number of ether oxygens (including phenoxy) is 1. The Kier molecular flexibility index (Phi) is 4.60. The summed E-state index contributed by atoms with van der Waals surface area (Å²) in [5.41, 5.74) is 5.43. The fourth-order valence-electron chi connectivity index (χ4n) is 3.81. The standard InChI is InChI=1S/C21H20ClNO2/c22-18-7-6-15-8-11-23-12-9-16(15)19(18)20-17(10-13-25-21(20)24)14-4-2-1-3-5-14/h1-7,10,20,23H,8-9,11-13H2. The molecule has 2 aliphatic rings. The molecule has 0 radical (unpaired) electrons. The molecule has 1 atom stereocenters. The number of cyclic esters (lactones) is 1. The number of carbonyl (C=O) groups excluding carboxylic acids is 1. The zero-order valence-electron chi connectivity index (χ0n) is 13.9. The van der Waals surface area contributed by atoms with Crippen LogP contribution in [0.15, 0.2) is 48.5 Å². The van der Waals surface area contributed by atoms with E-state index in [1.165, 1.54) is 11.1 Å². The van der Waals surface area contributed by atoms with E-state index in [9.17, 15) is 4.79 Å². The first-order valence-corrected chi connectivity index (χ1v) is 9.06. The van der Waals surface area contributed by atoms with E-state index in [1.807, 2.05) is 42.5 Å². The number of hydrogen-bond donors (Lipinski definition) is 1. The first-order valence-electron chi connectivity index (χ1n) is 8.68. The van der Waals surface area contributed by atoms with Crippen LogP contribution in [-0.2, 0) is 22.4 Å². The van der Waals surface area contributed by atoms with E-state index in [0.29, 0.717) is 11.6 Å². The van der Waals surface area contributed by atoms with E-state index in [1.54, 1.807) is 0 Å². The van der Waals surface area contributed by atoms with Crippen LogP contribution < -0.4 is 5.32 Å². The van der Waals surface area contributed by atoms with Gasteiger partial charge in [-0.2, -0.15) is 0 Å². The van der Waals surface area contributed by atoms with Gasteiger partial charge in [0.15, 0.2) is 0 Å². The Morgan fingerprint density at radius 3 is 2.68 bits per heavy atom. The lowest BCUT2D eigenvalue weighted by molar-refractivity contribution is -0.143. The van der Waals surface area contributed by atoms with Gasteiger partial charge in [-0.3, -0.25) is 4.79 Å². The number of nitrogens with one attached hydrogen (secondary N) is 1. The molecule has 2 aromatic rings. The van der Waals surface area contributed by atoms with Crippen molar-refractivity contribution >= 4 is 23.1 Å². The minimum Gasteiger partial charge on any atom is -0.461 e. The third-order valence-electron chi connectivity index (χ3n) is 5.00. The molecule has 0 spiro atoms. The third-order valence-corrected chi connectivity index (χ3v) is 5.32. The van der Waals surface area contributed by atoms with E-state index in [-0.39, 0.29) is 5.97 Å². The third kappa shape index (κ3) is 3.10. The van der Waals surface area contributed by atoms with Crippen molar-refractivity contribution in [2.45, 2.75) is 18.8 Å². The number of carbonyl (C=O) groups is 1. The Hall–Kier alpha value is -2.10. The molecule has 0 saturated carbocycles. The second-order valence-electron chi connectivity index (χ2n) is 6.44. The number of benzene rings is 2. The molecule has 2 heterocycles. The van der Waals surface area contributed by atoms with Gasteiger partial charge in [0, 0.05) is 5.02 Å². The molecule has 128 valence electrons. The van der Waals surface area contributed by atoms with Crippen molar-refractivity contribution in [3.8, 4) is 0 Å². The summed E-state index contributed by atoms with van der Waals surface area (Å²) in [4.78, 5) is 12.8. The second kappa shape index (κ2) is 7.03. The second-order valence-corrected chi connectivity index (χ2v) is 6.84. The highest BCUT2D eigenvalue weighted by atomic mass is 35.5.